The highest BCUT2D eigenvalue weighted by Gasteiger charge is 2.30. The predicted molar refractivity (Wildman–Crippen MR) is 156 cm³/mol. The molecule has 0 radical (unpaired) electrons. The van der Waals surface area contributed by atoms with Gasteiger partial charge >= 0.3 is 6.09 Å². The van der Waals surface area contributed by atoms with Crippen molar-refractivity contribution >= 4 is 23.1 Å². The van der Waals surface area contributed by atoms with E-state index in [4.69, 9.17) is 19.2 Å². The van der Waals surface area contributed by atoms with Gasteiger partial charge in [0.1, 0.15) is 24.3 Å². The van der Waals surface area contributed by atoms with E-state index in [-0.39, 0.29) is 18.7 Å². The maximum Gasteiger partial charge on any atom is 0.410 e. The highest BCUT2D eigenvalue weighted by molar-refractivity contribution is 5.84. The lowest BCUT2D eigenvalue weighted by atomic mass is 10.2. The zero-order valence-electron chi connectivity index (χ0n) is 24.4. The van der Waals surface area contributed by atoms with Gasteiger partial charge in [-0.25, -0.2) is 28.5 Å². The Labute approximate surface area is 248 Å². The molecule has 2 aromatic carbocycles. The smallest absolute Gasteiger partial charge is 0.410 e. The molecule has 4 aromatic rings. The molecule has 12 heteroatoms. The second-order valence-corrected chi connectivity index (χ2v) is 11.0. The number of nitrogens with zero attached hydrogens (tertiary/aromatic N) is 5. The molecular weight excluding hydrogens is 558 g/mol. The van der Waals surface area contributed by atoms with Crippen molar-refractivity contribution in [3.63, 3.8) is 0 Å². The number of methoxy groups -OCH3 is 1. The van der Waals surface area contributed by atoms with Crippen LogP contribution in [0.5, 0.6) is 11.5 Å². The molecule has 1 amide bonds. The Bertz CT molecular complexity index is 1650. The summed E-state index contributed by atoms with van der Waals surface area (Å²) in [6, 6.07) is 11.0. The summed E-state index contributed by atoms with van der Waals surface area (Å²) >= 11 is 0. The summed E-state index contributed by atoms with van der Waals surface area (Å²) in [5.74, 6) is 5.26. The molecule has 1 N–H and O–H groups in total. The van der Waals surface area contributed by atoms with Crippen LogP contribution in [0.25, 0.3) is 11.2 Å². The molecule has 1 unspecified atom stereocenters. The van der Waals surface area contributed by atoms with Gasteiger partial charge in [0.05, 0.1) is 13.7 Å². The van der Waals surface area contributed by atoms with Crippen LogP contribution in [0.4, 0.5) is 19.4 Å². The van der Waals surface area contributed by atoms with E-state index in [1.807, 2.05) is 49.6 Å². The molecule has 0 spiro atoms. The number of carbonyl (C=O) groups is 1. The standard InChI is InChI=1S/C31H32F2N6O4/c1-31(2,3)43-30(40)38-15-14-21(18-38)36-28-26-29(35-19-34-28)39(17-20-10-12-22(41-4)13-11-20)25(37-26)9-6-16-42-27-23(32)7-5-8-24(27)33/h5,7-8,10-13,19,21H,14-18H2,1-4H3,(H,34,35,36). The first-order chi connectivity index (χ1) is 20.6. The fraction of sp³-hybridized carbons (Fsp3) is 0.355. The van der Waals surface area contributed by atoms with E-state index in [1.165, 1.54) is 12.4 Å². The van der Waals surface area contributed by atoms with E-state index in [9.17, 15) is 13.6 Å². The lowest BCUT2D eigenvalue weighted by Gasteiger charge is -2.24. The van der Waals surface area contributed by atoms with Gasteiger partial charge in [-0.1, -0.05) is 24.1 Å². The number of ether oxygens (including phenoxy) is 3. The minimum Gasteiger partial charge on any atom is -0.497 e. The van der Waals surface area contributed by atoms with Crippen molar-refractivity contribution in [2.75, 3.05) is 32.1 Å². The Morgan fingerprint density at radius 1 is 1.12 bits per heavy atom. The minimum absolute atomic E-state index is 0.0732. The predicted octanol–water partition coefficient (Wildman–Crippen LogP) is 5.01. The third-order valence-electron chi connectivity index (χ3n) is 6.62. The third-order valence-corrected chi connectivity index (χ3v) is 6.62. The van der Waals surface area contributed by atoms with Gasteiger partial charge < -0.3 is 24.4 Å². The van der Waals surface area contributed by atoms with Crippen LogP contribution >= 0.6 is 0 Å². The minimum atomic E-state index is -0.809. The topological polar surface area (TPSA) is 104 Å². The molecule has 0 bridgehead atoms. The number of halogens is 2. The van der Waals surface area contributed by atoms with Crippen LogP contribution in [-0.2, 0) is 11.3 Å². The number of carbonyl (C=O) groups excluding carboxylic acids is 1. The maximum absolute atomic E-state index is 14.0. The lowest BCUT2D eigenvalue weighted by Crippen LogP contribution is -2.36. The van der Waals surface area contributed by atoms with Crippen LogP contribution < -0.4 is 14.8 Å². The van der Waals surface area contributed by atoms with Gasteiger partial charge in [0, 0.05) is 19.1 Å². The molecule has 3 heterocycles. The highest BCUT2D eigenvalue weighted by Crippen LogP contribution is 2.25. The molecule has 0 aliphatic carbocycles. The second kappa shape index (κ2) is 12.5. The summed E-state index contributed by atoms with van der Waals surface area (Å²) in [6.07, 6.45) is 1.79. The van der Waals surface area contributed by atoms with Crippen molar-refractivity contribution in [1.82, 2.24) is 24.4 Å². The molecule has 1 saturated heterocycles. The van der Waals surface area contributed by atoms with E-state index in [1.54, 1.807) is 12.0 Å². The molecule has 5 rings (SSSR count). The first-order valence-electron chi connectivity index (χ1n) is 13.8. The number of likely N-dealkylation sites (tertiary alicyclic amines) is 1. The highest BCUT2D eigenvalue weighted by atomic mass is 19.1. The van der Waals surface area contributed by atoms with Gasteiger partial charge in [-0.05, 0) is 62.9 Å². The lowest BCUT2D eigenvalue weighted by molar-refractivity contribution is 0.0293. The number of fused-ring (bicyclic) bond motifs is 1. The first kappa shape index (κ1) is 29.6. The zero-order chi connectivity index (χ0) is 30.6. The fourth-order valence-corrected chi connectivity index (χ4v) is 4.61. The summed E-state index contributed by atoms with van der Waals surface area (Å²) in [5.41, 5.74) is 1.41. The summed E-state index contributed by atoms with van der Waals surface area (Å²) in [5, 5.41) is 3.40. The molecular formula is C31H32F2N6O4. The van der Waals surface area contributed by atoms with Crippen molar-refractivity contribution < 1.29 is 27.8 Å². The Hall–Kier alpha value is -4.92. The Morgan fingerprint density at radius 2 is 1.86 bits per heavy atom. The first-order valence-corrected chi connectivity index (χ1v) is 13.8. The molecule has 224 valence electrons. The normalized spacial score (nSPS) is 14.7. The number of anilines is 1. The van der Waals surface area contributed by atoms with Crippen LogP contribution in [0.15, 0.2) is 48.8 Å². The molecule has 1 fully saturated rings. The number of aromatic nitrogens is 4. The quantitative estimate of drug-likeness (QED) is 0.300. The fourth-order valence-electron chi connectivity index (χ4n) is 4.61. The van der Waals surface area contributed by atoms with E-state index in [0.717, 1.165) is 23.4 Å². The molecule has 1 aliphatic rings. The molecule has 1 aliphatic heterocycles. The Morgan fingerprint density at radius 3 is 2.56 bits per heavy atom. The van der Waals surface area contributed by atoms with Crippen LogP contribution in [0.2, 0.25) is 0 Å². The van der Waals surface area contributed by atoms with Crippen LogP contribution in [0.3, 0.4) is 0 Å². The van der Waals surface area contributed by atoms with Gasteiger partial charge in [0.2, 0.25) is 0 Å². The van der Waals surface area contributed by atoms with Crippen molar-refractivity contribution in [2.24, 2.45) is 0 Å². The summed E-state index contributed by atoms with van der Waals surface area (Å²) in [4.78, 5) is 27.9. The van der Waals surface area contributed by atoms with Crippen LogP contribution in [0, 0.1) is 23.5 Å². The number of hydrogen-bond donors (Lipinski definition) is 1. The number of nitrogens with one attached hydrogen (secondary N) is 1. The van der Waals surface area contributed by atoms with E-state index >= 15 is 0 Å². The number of amides is 1. The summed E-state index contributed by atoms with van der Waals surface area (Å²) in [6.45, 7) is 6.63. The van der Waals surface area contributed by atoms with Crippen molar-refractivity contribution in [3.8, 4) is 23.3 Å². The number of imidazole rings is 1. The van der Waals surface area contributed by atoms with Gasteiger partial charge in [0.15, 0.2) is 40.2 Å². The van der Waals surface area contributed by atoms with Crippen molar-refractivity contribution in [1.29, 1.82) is 0 Å². The SMILES string of the molecule is COc1ccc(Cn2c(C#CCOc3c(F)cccc3F)nc3c(NC4CCN(C(=O)OC(C)(C)C)C4)ncnc32)cc1. The number of hydrogen-bond acceptors (Lipinski definition) is 8. The van der Waals surface area contributed by atoms with E-state index < -0.39 is 23.0 Å². The zero-order valence-corrected chi connectivity index (χ0v) is 24.4. The van der Waals surface area contributed by atoms with Gasteiger partial charge in [-0.15, -0.1) is 0 Å². The van der Waals surface area contributed by atoms with E-state index in [0.29, 0.717) is 48.9 Å². The average molecular weight is 591 g/mol. The van der Waals surface area contributed by atoms with Gasteiger partial charge in [-0.3, -0.25) is 4.57 Å². The van der Waals surface area contributed by atoms with E-state index in [2.05, 4.69) is 27.1 Å². The Kier molecular flexibility index (Phi) is 8.61. The van der Waals surface area contributed by atoms with Crippen LogP contribution in [-0.4, -0.2) is 69.0 Å². The maximum atomic E-state index is 14.0. The Balaban J connectivity index is 1.41. The third kappa shape index (κ3) is 7.12. The number of benzene rings is 2. The van der Waals surface area contributed by atoms with Gasteiger partial charge in [-0.2, -0.15) is 0 Å². The summed E-state index contributed by atoms with van der Waals surface area (Å²) in [7, 11) is 1.60. The monoisotopic (exact) mass is 590 g/mol. The average Bonchev–Trinajstić information content (AvgIpc) is 3.57. The van der Waals surface area contributed by atoms with Gasteiger partial charge in [0.25, 0.3) is 0 Å². The molecule has 1 atom stereocenters. The van der Waals surface area contributed by atoms with Crippen LogP contribution in [0.1, 0.15) is 38.6 Å². The van der Waals surface area contributed by atoms with Crippen molar-refractivity contribution in [3.05, 3.63) is 71.8 Å². The second-order valence-electron chi connectivity index (χ2n) is 11.0. The van der Waals surface area contributed by atoms with Crippen molar-refractivity contribution in [2.45, 2.75) is 45.4 Å². The molecule has 0 saturated carbocycles. The largest absolute Gasteiger partial charge is 0.497 e. The molecule has 10 nitrogen and oxygen atoms in total. The molecule has 2 aromatic heterocycles. The summed E-state index contributed by atoms with van der Waals surface area (Å²) < 4.78 is 45.8. The number of rotatable bonds is 7. The molecule has 43 heavy (non-hydrogen) atoms. The number of para-hydroxylation sites is 1.